The molecule has 4 N–H and O–H groups in total. The minimum Gasteiger partial charge on any atom is -0.504 e. The molecule has 2 heterocycles. The van der Waals surface area contributed by atoms with Crippen LogP contribution < -0.4 is 0 Å². The van der Waals surface area contributed by atoms with Gasteiger partial charge in [0.1, 0.15) is 5.70 Å². The molecule has 32 heavy (non-hydrogen) atoms. The van der Waals surface area contributed by atoms with Gasteiger partial charge in [0.05, 0.1) is 18.1 Å². The summed E-state index contributed by atoms with van der Waals surface area (Å²) in [6.07, 6.45) is -0.412. The van der Waals surface area contributed by atoms with Gasteiger partial charge in [-0.3, -0.25) is 9.59 Å². The van der Waals surface area contributed by atoms with Gasteiger partial charge < -0.3 is 30.2 Å². The first kappa shape index (κ1) is 23.7. The van der Waals surface area contributed by atoms with Crippen molar-refractivity contribution in [2.45, 2.75) is 38.8 Å². The molecule has 2 aliphatic rings. The smallest absolute Gasteiger partial charge is 0.352 e. The van der Waals surface area contributed by atoms with Gasteiger partial charge in [-0.25, -0.2) is 9.18 Å². The highest BCUT2D eigenvalue weighted by Gasteiger charge is 2.59. The maximum atomic E-state index is 13.5. The molecule has 174 valence electrons. The predicted molar refractivity (Wildman–Crippen MR) is 110 cm³/mol. The van der Waals surface area contributed by atoms with Crippen molar-refractivity contribution in [3.8, 4) is 11.5 Å². The van der Waals surface area contributed by atoms with E-state index in [-0.39, 0.29) is 42.1 Å². The van der Waals surface area contributed by atoms with Crippen LogP contribution in [-0.2, 0) is 9.59 Å². The Balaban J connectivity index is 1.62. The van der Waals surface area contributed by atoms with Gasteiger partial charge in [-0.1, -0.05) is 6.92 Å². The average Bonchev–Trinajstić information content (AvgIpc) is 2.94. The van der Waals surface area contributed by atoms with E-state index < -0.39 is 41.1 Å². The van der Waals surface area contributed by atoms with Crippen LogP contribution in [-0.4, -0.2) is 80.2 Å². The van der Waals surface area contributed by atoms with E-state index in [1.54, 1.807) is 7.05 Å². The van der Waals surface area contributed by atoms with Gasteiger partial charge in [-0.15, -0.1) is 0 Å². The molecule has 0 saturated carbocycles. The molecule has 0 radical (unpaired) electrons. The summed E-state index contributed by atoms with van der Waals surface area (Å²) in [5.74, 6) is -5.52. The number of β-lactam (4-membered cyclic amide) rings is 1. The van der Waals surface area contributed by atoms with Crippen LogP contribution in [0.2, 0.25) is 0 Å². The molecule has 4 atom stereocenters. The number of phenols is 2. The number of aliphatic carboxylic acids is 1. The largest absolute Gasteiger partial charge is 0.504 e. The fourth-order valence-corrected chi connectivity index (χ4v) is 4.62. The van der Waals surface area contributed by atoms with Crippen LogP contribution in [0.1, 0.15) is 37.0 Å². The van der Waals surface area contributed by atoms with Crippen LogP contribution in [0.3, 0.4) is 0 Å². The third-order valence-electron chi connectivity index (χ3n) is 6.27. The lowest BCUT2D eigenvalue weighted by atomic mass is 9.77. The summed E-state index contributed by atoms with van der Waals surface area (Å²) in [6.45, 7) is 4.07. The molecule has 1 aromatic carbocycles. The topological polar surface area (TPSA) is 139 Å². The second-order valence-corrected chi connectivity index (χ2v) is 8.52. The number of carboxylic acid groups (broad SMARTS) is 1. The van der Waals surface area contributed by atoms with Crippen molar-refractivity contribution in [2.75, 3.05) is 20.1 Å². The zero-order valence-corrected chi connectivity index (χ0v) is 18.1. The first-order valence-electron chi connectivity index (χ1n) is 10.4. The monoisotopic (exact) mass is 450 g/mol. The third-order valence-corrected chi connectivity index (χ3v) is 6.27. The minimum absolute atomic E-state index is 0.0395. The van der Waals surface area contributed by atoms with E-state index in [1.165, 1.54) is 11.8 Å². The van der Waals surface area contributed by atoms with Crippen molar-refractivity contribution in [3.63, 3.8) is 0 Å². The average molecular weight is 450 g/mol. The first-order chi connectivity index (χ1) is 15.0. The maximum absolute atomic E-state index is 13.5. The molecule has 2 aliphatic heterocycles. The van der Waals surface area contributed by atoms with E-state index >= 15 is 0 Å². The third kappa shape index (κ3) is 4.07. The predicted octanol–water partition coefficient (Wildman–Crippen LogP) is 1.33. The summed E-state index contributed by atoms with van der Waals surface area (Å²) in [6, 6.07) is 1.50. The number of halogens is 1. The van der Waals surface area contributed by atoms with E-state index in [1.807, 2.05) is 11.8 Å². The summed E-state index contributed by atoms with van der Waals surface area (Å²) in [7, 11) is 1.76. The number of likely N-dealkylation sites (N-methyl/N-ethyl adjacent to an activating group) is 1. The number of rotatable bonds is 9. The number of phenolic OH excluding ortho intramolecular Hbond substituents is 2. The van der Waals surface area contributed by atoms with E-state index in [9.17, 15) is 39.2 Å². The number of aliphatic hydroxyl groups is 1. The van der Waals surface area contributed by atoms with Gasteiger partial charge in [0.25, 0.3) is 0 Å². The van der Waals surface area contributed by atoms with Crippen molar-refractivity contribution in [1.82, 2.24) is 9.80 Å². The Morgan fingerprint density at radius 3 is 2.50 bits per heavy atom. The molecule has 1 saturated heterocycles. The number of carbonyl (C=O) groups excluding carboxylic acids is 2. The fraction of sp³-hybridized carbons (Fsp3) is 0.500. The molecule has 0 aromatic heterocycles. The second kappa shape index (κ2) is 8.87. The number of nitrogens with zero attached hydrogens (tertiary/aromatic N) is 2. The number of hydrogen-bond donors (Lipinski definition) is 4. The number of carboxylic acids is 1. The highest BCUT2D eigenvalue weighted by molar-refractivity contribution is 6.00. The van der Waals surface area contributed by atoms with Gasteiger partial charge in [0, 0.05) is 24.4 Å². The lowest BCUT2D eigenvalue weighted by Crippen LogP contribution is -2.63. The van der Waals surface area contributed by atoms with Crippen molar-refractivity contribution >= 4 is 17.7 Å². The zero-order chi connectivity index (χ0) is 23.9. The highest BCUT2D eigenvalue weighted by atomic mass is 19.1. The summed E-state index contributed by atoms with van der Waals surface area (Å²) < 4.78 is 13.5. The number of Topliss-reactive ketones (excluding diaryl/α,β-unsaturated/α-hetero) is 1. The molecule has 0 bridgehead atoms. The Hall–Kier alpha value is -2.98. The van der Waals surface area contributed by atoms with Crippen molar-refractivity contribution in [2.24, 2.45) is 11.8 Å². The number of carbonyl (C=O) groups is 3. The standard InChI is InChI=1S/C22H27FN2O7/c1-10-13(19(22(31)32)25-18(10)17(11(2)26)21(25)30)9-24(3)6-4-5-15(27)12-7-14(23)20(29)16(28)8-12/h7-8,10-11,17-18,26,28-29H,4-6,9H2,1-3H3,(H,31,32)/t10-,11+,17+,18+/m0/s1. The van der Waals surface area contributed by atoms with E-state index in [4.69, 9.17) is 0 Å². The summed E-state index contributed by atoms with van der Waals surface area (Å²) in [5.41, 5.74) is 0.508. The Bertz CT molecular complexity index is 967. The number of amides is 1. The van der Waals surface area contributed by atoms with E-state index in [0.29, 0.717) is 18.5 Å². The summed E-state index contributed by atoms with van der Waals surface area (Å²) in [4.78, 5) is 39.6. The fourth-order valence-electron chi connectivity index (χ4n) is 4.62. The van der Waals surface area contributed by atoms with Crippen LogP contribution in [0.5, 0.6) is 11.5 Å². The quantitative estimate of drug-likeness (QED) is 0.251. The molecule has 3 rings (SSSR count). The summed E-state index contributed by atoms with van der Waals surface area (Å²) >= 11 is 0. The Kier molecular flexibility index (Phi) is 6.56. The summed E-state index contributed by atoms with van der Waals surface area (Å²) in [5, 5.41) is 38.3. The SMILES string of the molecule is C[C@@H](O)[C@H]1C(=O)N2C(C(=O)O)=C(CN(C)CCCC(=O)c3cc(O)c(O)c(F)c3)[C@H](C)[C@H]12. The van der Waals surface area contributed by atoms with Crippen molar-refractivity contribution in [1.29, 1.82) is 0 Å². The van der Waals surface area contributed by atoms with Gasteiger partial charge in [0.15, 0.2) is 23.1 Å². The number of aromatic hydroxyl groups is 2. The molecular formula is C22H27FN2O7. The molecule has 9 nitrogen and oxygen atoms in total. The van der Waals surface area contributed by atoms with Gasteiger partial charge >= 0.3 is 5.97 Å². The van der Waals surface area contributed by atoms with E-state index in [2.05, 4.69) is 0 Å². The molecular weight excluding hydrogens is 423 g/mol. The van der Waals surface area contributed by atoms with Crippen LogP contribution in [0.25, 0.3) is 0 Å². The number of benzene rings is 1. The molecule has 10 heteroatoms. The molecule has 1 amide bonds. The normalized spacial score (nSPS) is 23.4. The van der Waals surface area contributed by atoms with E-state index in [0.717, 1.165) is 12.1 Å². The molecule has 1 aromatic rings. The highest BCUT2D eigenvalue weighted by Crippen LogP contribution is 2.47. The first-order valence-corrected chi connectivity index (χ1v) is 10.4. The Labute approximate surface area is 184 Å². The molecule has 0 unspecified atom stereocenters. The van der Waals surface area contributed by atoms with Gasteiger partial charge in [-0.2, -0.15) is 0 Å². The van der Waals surface area contributed by atoms with Crippen molar-refractivity contribution in [3.05, 3.63) is 34.8 Å². The maximum Gasteiger partial charge on any atom is 0.352 e. The Morgan fingerprint density at radius 1 is 1.28 bits per heavy atom. The lowest BCUT2D eigenvalue weighted by molar-refractivity contribution is -0.163. The molecule has 0 aliphatic carbocycles. The van der Waals surface area contributed by atoms with Crippen LogP contribution in [0.15, 0.2) is 23.4 Å². The Morgan fingerprint density at radius 2 is 1.94 bits per heavy atom. The number of hydrogen-bond acceptors (Lipinski definition) is 7. The minimum atomic E-state index is -1.19. The zero-order valence-electron chi connectivity index (χ0n) is 18.1. The number of fused-ring (bicyclic) bond motifs is 1. The second-order valence-electron chi connectivity index (χ2n) is 8.52. The molecule has 0 spiro atoms. The van der Waals surface area contributed by atoms with Crippen LogP contribution in [0.4, 0.5) is 4.39 Å². The van der Waals surface area contributed by atoms with Crippen molar-refractivity contribution < 1.29 is 39.2 Å². The lowest BCUT2D eigenvalue weighted by Gasteiger charge is -2.46. The molecule has 1 fully saturated rings. The number of ketones is 1. The van der Waals surface area contributed by atoms with Gasteiger partial charge in [-0.05, 0) is 44.6 Å². The van der Waals surface area contributed by atoms with Crippen LogP contribution >= 0.6 is 0 Å². The van der Waals surface area contributed by atoms with Gasteiger partial charge in [0.2, 0.25) is 5.91 Å². The van der Waals surface area contributed by atoms with Crippen LogP contribution in [0, 0.1) is 17.7 Å². The number of aliphatic hydroxyl groups excluding tert-OH is 1.